The van der Waals surface area contributed by atoms with Gasteiger partial charge >= 0.3 is 0 Å². The van der Waals surface area contributed by atoms with Crippen LogP contribution in [0.15, 0.2) is 36.4 Å². The van der Waals surface area contributed by atoms with E-state index in [1.54, 1.807) is 19.2 Å². The zero-order valence-corrected chi connectivity index (χ0v) is 11.8. The third-order valence-corrected chi connectivity index (χ3v) is 3.29. The summed E-state index contributed by atoms with van der Waals surface area (Å²) in [5.41, 5.74) is 2.43. The molecule has 0 aromatic heterocycles. The van der Waals surface area contributed by atoms with Gasteiger partial charge in [0.15, 0.2) is 0 Å². The van der Waals surface area contributed by atoms with E-state index in [4.69, 9.17) is 0 Å². The Labute approximate surface area is 122 Å². The van der Waals surface area contributed by atoms with Crippen molar-refractivity contribution < 1.29 is 13.6 Å². The molecule has 5 heteroatoms. The van der Waals surface area contributed by atoms with E-state index in [0.29, 0.717) is 11.1 Å². The fraction of sp³-hybridized carbons (Fsp3) is 0.188. The summed E-state index contributed by atoms with van der Waals surface area (Å²) in [5.74, 6) is -1.37. The first-order valence-corrected chi connectivity index (χ1v) is 6.52. The molecule has 0 aliphatic carbocycles. The standard InChI is InChI=1S/C16H16F2N2O/c1-10-13(16(21)19-2)4-3-5-15(10)20-9-11-6-7-12(17)8-14(11)18/h3-8,20H,9H2,1-2H3,(H,19,21). The second-order valence-corrected chi connectivity index (χ2v) is 4.65. The predicted molar refractivity (Wildman–Crippen MR) is 78.3 cm³/mol. The van der Waals surface area contributed by atoms with Crippen LogP contribution >= 0.6 is 0 Å². The molecule has 0 saturated carbocycles. The normalized spacial score (nSPS) is 10.3. The van der Waals surface area contributed by atoms with E-state index in [9.17, 15) is 13.6 Å². The van der Waals surface area contributed by atoms with Gasteiger partial charge in [-0.1, -0.05) is 12.1 Å². The minimum absolute atomic E-state index is 0.177. The number of halogens is 2. The Morgan fingerprint density at radius 2 is 1.95 bits per heavy atom. The van der Waals surface area contributed by atoms with Crippen LogP contribution in [0.5, 0.6) is 0 Å². The molecule has 3 nitrogen and oxygen atoms in total. The smallest absolute Gasteiger partial charge is 0.251 e. The summed E-state index contributed by atoms with van der Waals surface area (Å²) in [4.78, 5) is 11.7. The summed E-state index contributed by atoms with van der Waals surface area (Å²) in [6.45, 7) is 2.03. The van der Waals surface area contributed by atoms with Crippen molar-refractivity contribution in [3.63, 3.8) is 0 Å². The summed E-state index contributed by atoms with van der Waals surface area (Å²) in [6.07, 6.45) is 0. The Balaban J connectivity index is 2.18. The molecular formula is C16H16F2N2O. The van der Waals surface area contributed by atoms with Crippen LogP contribution in [0.3, 0.4) is 0 Å². The molecule has 2 N–H and O–H groups in total. The molecule has 0 spiro atoms. The number of rotatable bonds is 4. The number of carbonyl (C=O) groups excluding carboxylic acids is 1. The Hall–Kier alpha value is -2.43. The molecule has 0 aliphatic rings. The molecule has 0 atom stereocenters. The summed E-state index contributed by atoms with van der Waals surface area (Å²) in [6, 6.07) is 8.75. The van der Waals surface area contributed by atoms with Crippen LogP contribution in [-0.2, 0) is 6.54 Å². The van der Waals surface area contributed by atoms with E-state index < -0.39 is 11.6 Å². The van der Waals surface area contributed by atoms with E-state index in [1.165, 1.54) is 12.1 Å². The zero-order chi connectivity index (χ0) is 15.4. The summed E-state index contributed by atoms with van der Waals surface area (Å²) in [7, 11) is 1.57. The minimum atomic E-state index is -0.603. The van der Waals surface area contributed by atoms with Crippen LogP contribution in [-0.4, -0.2) is 13.0 Å². The quantitative estimate of drug-likeness (QED) is 0.907. The average Bonchev–Trinajstić information content (AvgIpc) is 2.47. The average molecular weight is 290 g/mol. The molecule has 0 saturated heterocycles. The van der Waals surface area contributed by atoms with Crippen molar-refractivity contribution in [1.29, 1.82) is 0 Å². The maximum Gasteiger partial charge on any atom is 0.251 e. The summed E-state index contributed by atoms with van der Waals surface area (Å²) < 4.78 is 26.4. The lowest BCUT2D eigenvalue weighted by Crippen LogP contribution is -2.19. The molecule has 0 bridgehead atoms. The van der Waals surface area contributed by atoms with E-state index >= 15 is 0 Å². The van der Waals surface area contributed by atoms with E-state index in [0.717, 1.165) is 17.3 Å². The van der Waals surface area contributed by atoms with Crippen LogP contribution < -0.4 is 10.6 Å². The van der Waals surface area contributed by atoms with Crippen LogP contribution in [0.25, 0.3) is 0 Å². The number of nitrogens with one attached hydrogen (secondary N) is 2. The fourth-order valence-electron chi connectivity index (χ4n) is 2.06. The number of benzene rings is 2. The maximum absolute atomic E-state index is 13.6. The fourth-order valence-corrected chi connectivity index (χ4v) is 2.06. The highest BCUT2D eigenvalue weighted by Crippen LogP contribution is 2.20. The van der Waals surface area contributed by atoms with Crippen LogP contribution in [0.2, 0.25) is 0 Å². The maximum atomic E-state index is 13.6. The molecule has 0 aliphatic heterocycles. The summed E-state index contributed by atoms with van der Waals surface area (Å²) >= 11 is 0. The van der Waals surface area contributed by atoms with Crippen LogP contribution in [0.1, 0.15) is 21.5 Å². The molecule has 0 unspecified atom stereocenters. The number of hydrogen-bond acceptors (Lipinski definition) is 2. The van der Waals surface area contributed by atoms with Gasteiger partial charge < -0.3 is 10.6 Å². The Morgan fingerprint density at radius 1 is 1.19 bits per heavy atom. The topological polar surface area (TPSA) is 41.1 Å². The predicted octanol–water partition coefficient (Wildman–Crippen LogP) is 3.24. The first-order valence-electron chi connectivity index (χ1n) is 6.52. The molecule has 2 aromatic carbocycles. The highest BCUT2D eigenvalue weighted by atomic mass is 19.1. The monoisotopic (exact) mass is 290 g/mol. The third kappa shape index (κ3) is 3.37. The molecule has 1 amide bonds. The number of carbonyl (C=O) groups is 1. The molecule has 2 aromatic rings. The second-order valence-electron chi connectivity index (χ2n) is 4.65. The van der Waals surface area contributed by atoms with Gasteiger partial charge in [0.25, 0.3) is 5.91 Å². The molecule has 110 valence electrons. The highest BCUT2D eigenvalue weighted by Gasteiger charge is 2.10. The second kappa shape index (κ2) is 6.35. The zero-order valence-electron chi connectivity index (χ0n) is 11.8. The van der Waals surface area contributed by atoms with Crippen molar-refractivity contribution in [3.05, 3.63) is 64.7 Å². The van der Waals surface area contributed by atoms with Gasteiger partial charge in [-0.25, -0.2) is 8.78 Å². The van der Waals surface area contributed by atoms with Gasteiger partial charge in [0.2, 0.25) is 0 Å². The van der Waals surface area contributed by atoms with Gasteiger partial charge in [0.1, 0.15) is 11.6 Å². The van der Waals surface area contributed by atoms with E-state index in [-0.39, 0.29) is 12.5 Å². The number of anilines is 1. The van der Waals surface area contributed by atoms with Gasteiger partial charge in [0.05, 0.1) is 0 Å². The van der Waals surface area contributed by atoms with Gasteiger partial charge in [-0.2, -0.15) is 0 Å². The molecule has 2 rings (SSSR count). The highest BCUT2D eigenvalue weighted by molar-refractivity contribution is 5.96. The SMILES string of the molecule is CNC(=O)c1cccc(NCc2ccc(F)cc2F)c1C. The lowest BCUT2D eigenvalue weighted by molar-refractivity contribution is 0.0962. The van der Waals surface area contributed by atoms with Gasteiger partial charge in [-0.3, -0.25) is 4.79 Å². The number of amides is 1. The molecule has 0 radical (unpaired) electrons. The van der Waals surface area contributed by atoms with Gasteiger partial charge in [-0.15, -0.1) is 0 Å². The van der Waals surface area contributed by atoms with E-state index in [2.05, 4.69) is 10.6 Å². The van der Waals surface area contributed by atoms with Crippen LogP contribution in [0, 0.1) is 18.6 Å². The number of hydrogen-bond donors (Lipinski definition) is 2. The first kappa shape index (κ1) is 15.0. The largest absolute Gasteiger partial charge is 0.381 e. The van der Waals surface area contributed by atoms with Crippen molar-refractivity contribution >= 4 is 11.6 Å². The van der Waals surface area contributed by atoms with Crippen molar-refractivity contribution in [2.45, 2.75) is 13.5 Å². The van der Waals surface area contributed by atoms with Gasteiger partial charge in [0, 0.05) is 36.5 Å². The van der Waals surface area contributed by atoms with Crippen molar-refractivity contribution in [1.82, 2.24) is 5.32 Å². The van der Waals surface area contributed by atoms with Crippen molar-refractivity contribution in [2.24, 2.45) is 0 Å². The molecular weight excluding hydrogens is 274 g/mol. The summed E-state index contributed by atoms with van der Waals surface area (Å²) in [5, 5.41) is 5.64. The van der Waals surface area contributed by atoms with Crippen molar-refractivity contribution in [2.75, 3.05) is 12.4 Å². The van der Waals surface area contributed by atoms with Crippen LogP contribution in [0.4, 0.5) is 14.5 Å². The molecule has 0 fully saturated rings. The lowest BCUT2D eigenvalue weighted by Gasteiger charge is -2.13. The Kier molecular flexibility index (Phi) is 4.52. The minimum Gasteiger partial charge on any atom is -0.381 e. The third-order valence-electron chi connectivity index (χ3n) is 3.29. The van der Waals surface area contributed by atoms with Gasteiger partial charge in [-0.05, 0) is 30.7 Å². The van der Waals surface area contributed by atoms with E-state index in [1.807, 2.05) is 13.0 Å². The van der Waals surface area contributed by atoms with Crippen molar-refractivity contribution in [3.8, 4) is 0 Å². The Morgan fingerprint density at radius 3 is 2.62 bits per heavy atom. The Bertz CT molecular complexity index is 671. The first-order chi connectivity index (χ1) is 10.0. The molecule has 0 heterocycles. The lowest BCUT2D eigenvalue weighted by atomic mass is 10.1. The molecule has 21 heavy (non-hydrogen) atoms.